The van der Waals surface area contributed by atoms with E-state index in [0.717, 1.165) is 49.6 Å². The molecule has 242 valence electrons. The highest BCUT2D eigenvalue weighted by atomic mass is 32.2. The van der Waals surface area contributed by atoms with E-state index in [1.807, 2.05) is 0 Å². The molecule has 0 spiro atoms. The summed E-state index contributed by atoms with van der Waals surface area (Å²) in [6.07, 6.45) is 5.60. The predicted molar refractivity (Wildman–Crippen MR) is 166 cm³/mol. The van der Waals surface area contributed by atoms with Crippen LogP contribution in [0.25, 0.3) is 22.2 Å². The lowest BCUT2D eigenvalue weighted by Crippen LogP contribution is -2.47. The van der Waals surface area contributed by atoms with E-state index in [1.165, 1.54) is 12.1 Å². The fraction of sp³-hybridized carbons (Fsp3) is 0.344. The van der Waals surface area contributed by atoms with Crippen LogP contribution in [0.2, 0.25) is 0 Å². The van der Waals surface area contributed by atoms with Gasteiger partial charge in [-0.1, -0.05) is 17.7 Å². The molecule has 1 aliphatic heterocycles. The van der Waals surface area contributed by atoms with Crippen molar-refractivity contribution in [2.75, 3.05) is 18.4 Å². The number of nitrogens with zero attached hydrogens (tertiary/aromatic N) is 3. The molecule has 1 saturated heterocycles. The number of pyridine rings is 1. The molecule has 2 atom stereocenters. The Hall–Kier alpha value is -4.59. The highest BCUT2D eigenvalue weighted by molar-refractivity contribution is 7.90. The van der Waals surface area contributed by atoms with Gasteiger partial charge in [0, 0.05) is 48.4 Å². The molecule has 4 N–H and O–H groups in total. The molecule has 2 aromatic carbocycles. The lowest BCUT2D eigenvalue weighted by molar-refractivity contribution is 0.1000. The third kappa shape index (κ3) is 6.00. The molecule has 2 fully saturated rings. The van der Waals surface area contributed by atoms with Crippen molar-refractivity contribution in [2.45, 2.75) is 62.4 Å². The molecule has 46 heavy (non-hydrogen) atoms. The Balaban J connectivity index is 1.40. The van der Waals surface area contributed by atoms with E-state index in [9.17, 15) is 22.4 Å². The van der Waals surface area contributed by atoms with Crippen molar-refractivity contribution in [1.29, 1.82) is 0 Å². The van der Waals surface area contributed by atoms with E-state index < -0.39 is 44.5 Å². The fourth-order valence-corrected chi connectivity index (χ4v) is 7.64. The molecule has 0 unspecified atom stereocenters. The molecule has 1 aliphatic carbocycles. The summed E-state index contributed by atoms with van der Waals surface area (Å²) in [4.78, 5) is 31.1. The van der Waals surface area contributed by atoms with E-state index in [-0.39, 0.29) is 45.5 Å². The molecule has 1 saturated carbocycles. The summed E-state index contributed by atoms with van der Waals surface area (Å²) in [5, 5.41) is 5.91. The number of hydrogen-bond acceptors (Lipinski definition) is 6. The Morgan fingerprint density at radius 2 is 1.65 bits per heavy atom. The number of urea groups is 1. The van der Waals surface area contributed by atoms with Crippen LogP contribution in [0.3, 0.4) is 0 Å². The van der Waals surface area contributed by atoms with Crippen molar-refractivity contribution in [3.63, 3.8) is 0 Å². The van der Waals surface area contributed by atoms with Crippen LogP contribution in [0, 0.1) is 24.4 Å². The van der Waals surface area contributed by atoms with Gasteiger partial charge in [0.2, 0.25) is 0 Å². The van der Waals surface area contributed by atoms with Crippen LogP contribution >= 0.6 is 0 Å². The maximum atomic E-state index is 15.4. The van der Waals surface area contributed by atoms with E-state index in [2.05, 4.69) is 15.6 Å². The van der Waals surface area contributed by atoms with Gasteiger partial charge in [-0.2, -0.15) is 0 Å². The van der Waals surface area contributed by atoms with Crippen molar-refractivity contribution in [3.8, 4) is 11.3 Å². The number of aryl methyl sites for hydroxylation is 1. The molecule has 14 heteroatoms. The van der Waals surface area contributed by atoms with Crippen LogP contribution < -0.4 is 16.4 Å². The molecule has 4 aromatic rings. The molecular formula is C32H33F3N6O4S. The quantitative estimate of drug-likeness (QED) is 0.248. The summed E-state index contributed by atoms with van der Waals surface area (Å²) in [6, 6.07) is 7.63. The van der Waals surface area contributed by atoms with Crippen LogP contribution in [0.15, 0.2) is 53.6 Å². The number of nitrogens with two attached hydrogens (primary N) is 1. The number of amides is 3. The van der Waals surface area contributed by atoms with E-state index in [4.69, 9.17) is 5.73 Å². The van der Waals surface area contributed by atoms with Gasteiger partial charge >= 0.3 is 6.03 Å². The van der Waals surface area contributed by atoms with Crippen molar-refractivity contribution in [1.82, 2.24) is 19.2 Å². The standard InChI is InChI=1S/C32H33F3N6O4S/c1-18-7-9-22(10-8-18)46(44,45)41-17-25(23-13-19(33)14-26(34)29(23)41)28-24(30(36)42)16-27(35)31(39-28)37-20-5-4-6-21(15-20)38-32(43)40-11-2-3-12-40/h7-10,13-14,16-17,20-21H,2-6,11-12,15H2,1H3,(H2,36,42)(H,37,39)(H,38,43)/t20-,21+/m0/s1. The van der Waals surface area contributed by atoms with Gasteiger partial charge in [-0.25, -0.2) is 35.3 Å². The molecule has 10 nitrogen and oxygen atoms in total. The third-order valence-corrected chi connectivity index (χ3v) is 10.3. The lowest BCUT2D eigenvalue weighted by Gasteiger charge is -2.32. The number of likely N-dealkylation sites (tertiary alicyclic amines) is 1. The molecule has 2 aromatic heterocycles. The maximum Gasteiger partial charge on any atom is 0.317 e. The number of halogens is 3. The number of carbonyl (C=O) groups is 2. The normalized spacial score (nSPS) is 18.6. The summed E-state index contributed by atoms with van der Waals surface area (Å²) in [7, 11) is -4.42. The molecule has 0 radical (unpaired) electrons. The zero-order valence-corrected chi connectivity index (χ0v) is 25.8. The molecule has 3 amide bonds. The van der Waals surface area contributed by atoms with Gasteiger partial charge in [-0.15, -0.1) is 0 Å². The molecule has 6 rings (SSSR count). The largest absolute Gasteiger partial charge is 0.366 e. The van der Waals surface area contributed by atoms with Gasteiger partial charge < -0.3 is 21.3 Å². The first kappa shape index (κ1) is 31.4. The fourth-order valence-electron chi connectivity index (χ4n) is 6.26. The number of aromatic nitrogens is 2. The average Bonchev–Trinajstić information content (AvgIpc) is 3.68. The highest BCUT2D eigenvalue weighted by Gasteiger charge is 2.30. The average molecular weight is 655 g/mol. The van der Waals surface area contributed by atoms with Crippen molar-refractivity contribution in [3.05, 3.63) is 77.2 Å². The zero-order valence-electron chi connectivity index (χ0n) is 25.0. The minimum Gasteiger partial charge on any atom is -0.366 e. The second-order valence-corrected chi connectivity index (χ2v) is 13.7. The molecule has 3 heterocycles. The first-order chi connectivity index (χ1) is 21.9. The Labute approximate surface area is 263 Å². The van der Waals surface area contributed by atoms with Crippen molar-refractivity contribution < 1.29 is 31.2 Å². The Kier molecular flexibility index (Phi) is 8.40. The van der Waals surface area contributed by atoms with Crippen LogP contribution in [-0.4, -0.2) is 59.4 Å². The van der Waals surface area contributed by atoms with Gasteiger partial charge in [0.05, 0.1) is 16.2 Å². The Morgan fingerprint density at radius 3 is 2.35 bits per heavy atom. The zero-order chi connectivity index (χ0) is 32.7. The third-order valence-electron chi connectivity index (χ3n) is 8.60. The van der Waals surface area contributed by atoms with Crippen LogP contribution in [0.4, 0.5) is 23.8 Å². The highest BCUT2D eigenvalue weighted by Crippen LogP contribution is 2.37. The first-order valence-electron chi connectivity index (χ1n) is 15.1. The van der Waals surface area contributed by atoms with Crippen LogP contribution in [0.1, 0.15) is 54.4 Å². The molecular weight excluding hydrogens is 621 g/mol. The monoisotopic (exact) mass is 654 g/mol. The minimum atomic E-state index is -4.42. The minimum absolute atomic E-state index is 0.128. The molecule has 0 bridgehead atoms. The van der Waals surface area contributed by atoms with Gasteiger partial charge in [0.1, 0.15) is 11.3 Å². The topological polar surface area (TPSA) is 139 Å². The Bertz CT molecular complexity index is 1940. The number of hydrogen-bond donors (Lipinski definition) is 3. The summed E-state index contributed by atoms with van der Waals surface area (Å²) in [5.74, 6) is -4.39. The number of anilines is 1. The van der Waals surface area contributed by atoms with Gasteiger partial charge in [0.15, 0.2) is 17.5 Å². The Morgan fingerprint density at radius 1 is 0.957 bits per heavy atom. The number of nitrogens with one attached hydrogen (secondary N) is 2. The first-order valence-corrected chi connectivity index (χ1v) is 16.5. The van der Waals surface area contributed by atoms with Crippen LogP contribution in [0.5, 0.6) is 0 Å². The number of primary amides is 1. The summed E-state index contributed by atoms with van der Waals surface area (Å²) in [5.41, 5.74) is 5.12. The smallest absolute Gasteiger partial charge is 0.317 e. The second kappa shape index (κ2) is 12.3. The summed E-state index contributed by atoms with van der Waals surface area (Å²) < 4.78 is 73.5. The molecule has 2 aliphatic rings. The number of fused-ring (bicyclic) bond motifs is 1. The van der Waals surface area contributed by atoms with Gasteiger partial charge in [0.25, 0.3) is 15.9 Å². The van der Waals surface area contributed by atoms with Crippen molar-refractivity contribution >= 4 is 38.7 Å². The van der Waals surface area contributed by atoms with Crippen LogP contribution in [-0.2, 0) is 10.0 Å². The predicted octanol–water partition coefficient (Wildman–Crippen LogP) is 5.29. The lowest BCUT2D eigenvalue weighted by atomic mass is 9.91. The second-order valence-electron chi connectivity index (χ2n) is 11.9. The van der Waals surface area contributed by atoms with E-state index >= 15 is 8.78 Å². The van der Waals surface area contributed by atoms with Gasteiger partial charge in [-0.05, 0) is 69.7 Å². The number of rotatable bonds is 7. The van der Waals surface area contributed by atoms with E-state index in [0.29, 0.717) is 36.0 Å². The van der Waals surface area contributed by atoms with E-state index in [1.54, 1.807) is 24.0 Å². The summed E-state index contributed by atoms with van der Waals surface area (Å²) >= 11 is 0. The van der Waals surface area contributed by atoms with Gasteiger partial charge in [-0.3, -0.25) is 4.79 Å². The van der Waals surface area contributed by atoms with Crippen molar-refractivity contribution in [2.24, 2.45) is 5.73 Å². The maximum absolute atomic E-state index is 15.4. The number of benzene rings is 2. The number of carbonyl (C=O) groups excluding carboxylic acids is 2. The SMILES string of the molecule is Cc1ccc(S(=O)(=O)n2cc(-c3nc(N[C@H]4CCC[C@@H](NC(=O)N5CCCC5)C4)c(F)cc3C(N)=O)c3cc(F)cc(F)c32)cc1. The summed E-state index contributed by atoms with van der Waals surface area (Å²) in [6.45, 7) is 3.19.